The molecule has 4 bridgehead atoms. The van der Waals surface area contributed by atoms with Crippen LogP contribution in [0.25, 0.3) is 61.1 Å². The summed E-state index contributed by atoms with van der Waals surface area (Å²) in [5.74, 6) is 2.74. The molecule has 5 nitrogen and oxygen atoms in total. The SMILES string of the molecule is Cc1c2ccc(c1C)CCc1ccc(c3cn(-c4cccc(Oc5ccc6c7cc(-c8ccccc8)ccc7n(-c7cc(C(C)C)c(-c8ccccc8)cn7)c6c5)c4)[c](=[Pt])n13)CC2. The molecule has 0 amide bonds. The van der Waals surface area contributed by atoms with E-state index >= 15 is 0 Å². The van der Waals surface area contributed by atoms with Crippen LogP contribution < -0.4 is 4.74 Å². The van der Waals surface area contributed by atoms with Gasteiger partial charge in [-0.3, -0.25) is 0 Å². The van der Waals surface area contributed by atoms with Crippen molar-refractivity contribution in [2.45, 2.75) is 59.3 Å². The van der Waals surface area contributed by atoms with Crippen molar-refractivity contribution in [1.82, 2.24) is 18.5 Å². The van der Waals surface area contributed by atoms with Crippen molar-refractivity contribution in [2.75, 3.05) is 0 Å². The fourth-order valence-corrected chi connectivity index (χ4v) is 10.8. The topological polar surface area (TPSA) is 36.4 Å². The summed E-state index contributed by atoms with van der Waals surface area (Å²) in [6, 6.07) is 54.7. The van der Waals surface area contributed by atoms with Gasteiger partial charge in [-0.15, -0.1) is 0 Å². The van der Waals surface area contributed by atoms with Gasteiger partial charge in [0.2, 0.25) is 0 Å². The van der Waals surface area contributed by atoms with Crippen molar-refractivity contribution in [1.29, 1.82) is 0 Å². The first-order valence-corrected chi connectivity index (χ1v) is 23.2. The van der Waals surface area contributed by atoms with Crippen LogP contribution in [0.1, 0.15) is 58.8 Å². The molecule has 2 aliphatic carbocycles. The number of benzene rings is 6. The second kappa shape index (κ2) is 16.0. The minimum atomic E-state index is 0.301. The van der Waals surface area contributed by atoms with E-state index in [1.54, 1.807) is 0 Å². The number of hydrogen-bond donors (Lipinski definition) is 0. The van der Waals surface area contributed by atoms with Crippen LogP contribution in [0, 0.1) is 17.7 Å². The molecule has 0 atom stereocenters. The van der Waals surface area contributed by atoms with Crippen molar-refractivity contribution >= 4 is 27.3 Å². The summed E-state index contributed by atoms with van der Waals surface area (Å²) < 4.78 is 15.1. The summed E-state index contributed by atoms with van der Waals surface area (Å²) >= 11 is 2.51. The van der Waals surface area contributed by atoms with Crippen LogP contribution in [-0.2, 0) is 45.0 Å². The Labute approximate surface area is 379 Å². The number of fused-ring (bicyclic) bond motifs is 3. The molecule has 2 aliphatic heterocycles. The Balaban J connectivity index is 0.998. The molecule has 14 rings (SSSR count). The van der Waals surface area contributed by atoms with Crippen LogP contribution in [-0.4, -0.2) is 18.5 Å². The molecule has 63 heavy (non-hydrogen) atoms. The Morgan fingerprint density at radius 1 is 0.571 bits per heavy atom. The quantitative estimate of drug-likeness (QED) is 0.160. The Hall–Kier alpha value is -6.55. The van der Waals surface area contributed by atoms with Gasteiger partial charge in [-0.2, -0.15) is 0 Å². The Bertz CT molecular complexity index is 3450. The second-order valence-corrected chi connectivity index (χ2v) is 18.3. The number of rotatable bonds is 7. The number of imidazole rings is 1. The number of ether oxygens (including phenoxy) is 1. The monoisotopic (exact) mass is 999 g/mol. The Morgan fingerprint density at radius 2 is 1.27 bits per heavy atom. The van der Waals surface area contributed by atoms with Crippen LogP contribution in [0.15, 0.2) is 164 Å². The van der Waals surface area contributed by atoms with E-state index in [9.17, 15) is 0 Å². The zero-order chi connectivity index (χ0) is 42.8. The number of aromatic nitrogens is 4. The third-order valence-corrected chi connectivity index (χ3v) is 14.4. The van der Waals surface area contributed by atoms with E-state index in [2.05, 4.69) is 218 Å². The van der Waals surface area contributed by atoms with Crippen LogP contribution in [0.5, 0.6) is 11.5 Å². The molecular formula is C57H48N4OPt. The van der Waals surface area contributed by atoms with E-state index in [-0.39, 0.29) is 0 Å². The zero-order valence-electron chi connectivity index (χ0n) is 36.0. The molecule has 312 valence electrons. The fourth-order valence-electron chi connectivity index (χ4n) is 9.74. The van der Waals surface area contributed by atoms with Gasteiger partial charge >= 0.3 is 261 Å². The predicted molar refractivity (Wildman–Crippen MR) is 254 cm³/mol. The summed E-state index contributed by atoms with van der Waals surface area (Å²) in [7, 11) is 0. The van der Waals surface area contributed by atoms with Gasteiger partial charge in [-0.1, -0.05) is 80.6 Å². The van der Waals surface area contributed by atoms with Crippen molar-refractivity contribution in [3.05, 3.63) is 207 Å². The summed E-state index contributed by atoms with van der Waals surface area (Å²) in [6.45, 7) is 9.11. The van der Waals surface area contributed by atoms with Gasteiger partial charge in [0.25, 0.3) is 0 Å². The van der Waals surface area contributed by atoms with E-state index < -0.39 is 0 Å². The van der Waals surface area contributed by atoms with Gasteiger partial charge < -0.3 is 0 Å². The first kappa shape index (κ1) is 39.3. The first-order chi connectivity index (χ1) is 30.8. The first-order valence-electron chi connectivity index (χ1n) is 22.0. The van der Waals surface area contributed by atoms with Gasteiger partial charge in [0.15, 0.2) is 0 Å². The van der Waals surface area contributed by atoms with Crippen molar-refractivity contribution in [2.24, 2.45) is 0 Å². The molecule has 0 saturated carbocycles. The van der Waals surface area contributed by atoms with E-state index in [1.807, 2.05) is 6.20 Å². The van der Waals surface area contributed by atoms with Crippen molar-refractivity contribution < 1.29 is 24.1 Å². The fraction of sp³-hybridized carbons (Fsp3) is 0.158. The summed E-state index contributed by atoms with van der Waals surface area (Å²) in [5.41, 5.74) is 19.0. The number of pyridine rings is 2. The number of aryl methyl sites for hydroxylation is 4. The summed E-state index contributed by atoms with van der Waals surface area (Å²) in [4.78, 5) is 5.18. The predicted octanol–water partition coefficient (Wildman–Crippen LogP) is 14.1. The normalized spacial score (nSPS) is 12.7. The van der Waals surface area contributed by atoms with Crippen LogP contribution in [0.2, 0.25) is 0 Å². The van der Waals surface area contributed by atoms with Crippen molar-refractivity contribution in [3.8, 4) is 45.3 Å². The van der Waals surface area contributed by atoms with E-state index in [0.29, 0.717) is 5.92 Å². The summed E-state index contributed by atoms with van der Waals surface area (Å²) in [5, 5.41) is 2.33. The van der Waals surface area contributed by atoms with E-state index in [4.69, 9.17) is 9.72 Å². The average molecular weight is 1000 g/mol. The molecule has 0 radical (unpaired) electrons. The molecular weight excluding hydrogens is 952 g/mol. The van der Waals surface area contributed by atoms with Gasteiger partial charge in [0.05, 0.1) is 0 Å². The molecule has 0 N–H and O–H groups in total. The third-order valence-electron chi connectivity index (χ3n) is 13.3. The molecule has 6 heterocycles. The summed E-state index contributed by atoms with van der Waals surface area (Å²) in [6.07, 6.45) is 8.38. The zero-order valence-corrected chi connectivity index (χ0v) is 38.3. The molecule has 0 unspecified atom stereocenters. The average Bonchev–Trinajstić information content (AvgIpc) is 3.83. The van der Waals surface area contributed by atoms with Gasteiger partial charge in [-0.05, 0) is 28.2 Å². The second-order valence-electron chi connectivity index (χ2n) is 17.3. The standard InChI is InChI=1S/C57H48N4O.Pt/c1-37(2)51-33-57(58-34-53(51)43-14-9-6-10-15-43)61-54-29-24-45(42-12-7-5-8-13-42)30-52(54)50-28-27-49(32-55(50)61)62-48-17-11-16-47(31-48)59-35-56-44-21-20-40-18-19-41(39(4)38(40)3)22-25-46(26-23-44)60(56)36-59;/h5-19,23-24,26-35,37H,20-22,25H2,1-4H3;. The minimum absolute atomic E-state index is 0.301. The molecule has 6 aromatic carbocycles. The maximum absolute atomic E-state index is 6.82. The van der Waals surface area contributed by atoms with Gasteiger partial charge in [-0.25, -0.2) is 0 Å². The molecule has 6 heteroatoms. The molecule has 4 aromatic heterocycles. The van der Waals surface area contributed by atoms with Crippen molar-refractivity contribution in [3.63, 3.8) is 0 Å². The van der Waals surface area contributed by atoms with E-state index in [0.717, 1.165) is 74.5 Å². The van der Waals surface area contributed by atoms with E-state index in [1.165, 1.54) is 66.7 Å². The third kappa shape index (κ3) is 7.00. The maximum atomic E-state index is 6.82. The Morgan fingerprint density at radius 3 is 2.03 bits per heavy atom. The molecule has 0 fully saturated rings. The van der Waals surface area contributed by atoms with Gasteiger partial charge in [0.1, 0.15) is 0 Å². The molecule has 10 aromatic rings. The molecule has 0 saturated heterocycles. The number of hydrogen-bond acceptors (Lipinski definition) is 2. The van der Waals surface area contributed by atoms with Gasteiger partial charge in [0, 0.05) is 11.8 Å². The Kier molecular flexibility index (Phi) is 9.97. The molecule has 0 spiro atoms. The van der Waals surface area contributed by atoms with Crippen LogP contribution >= 0.6 is 0 Å². The number of nitrogens with zero attached hydrogens (tertiary/aromatic N) is 4. The van der Waals surface area contributed by atoms with Crippen LogP contribution in [0.4, 0.5) is 0 Å². The molecule has 4 aliphatic rings. The van der Waals surface area contributed by atoms with Crippen LogP contribution in [0.3, 0.4) is 0 Å².